The number of rotatable bonds is 10. The second-order valence-electron chi connectivity index (χ2n) is 7.19. The van der Waals surface area contributed by atoms with Gasteiger partial charge in [0.05, 0.1) is 6.54 Å². The fourth-order valence-corrected chi connectivity index (χ4v) is 2.65. The Morgan fingerprint density at radius 1 is 1.17 bits per heavy atom. The minimum atomic E-state index is -4.69. The van der Waals surface area contributed by atoms with E-state index in [9.17, 15) is 13.2 Å². The maximum Gasteiger partial charge on any atom is 0.573 e. The lowest BCUT2D eigenvalue weighted by atomic mass is 10.1. The Balaban J connectivity index is 1.94. The number of halogens is 3. The van der Waals surface area contributed by atoms with Crippen molar-refractivity contribution in [3.05, 3.63) is 42.0 Å². The number of guanidine groups is 1. The molecule has 0 spiro atoms. The van der Waals surface area contributed by atoms with E-state index in [0.29, 0.717) is 31.5 Å². The van der Waals surface area contributed by atoms with Gasteiger partial charge in [-0.3, -0.25) is 0 Å². The van der Waals surface area contributed by atoms with Gasteiger partial charge in [-0.15, -0.1) is 23.4 Å². The molecule has 0 fully saturated rings. The molecule has 0 bridgehead atoms. The predicted octanol–water partition coefficient (Wildman–Crippen LogP) is 3.52. The van der Waals surface area contributed by atoms with Crippen LogP contribution in [0.3, 0.4) is 0 Å². The van der Waals surface area contributed by atoms with E-state index in [1.165, 1.54) is 12.1 Å². The fourth-order valence-electron chi connectivity index (χ4n) is 2.65. The molecule has 166 valence electrons. The molecule has 2 aromatic rings. The Labute approximate surface area is 174 Å². The highest BCUT2D eigenvalue weighted by atomic mass is 19.4. The zero-order chi connectivity index (χ0) is 22.0. The normalized spacial score (nSPS) is 12.3. The third kappa shape index (κ3) is 8.71. The number of aromatic nitrogens is 3. The highest BCUT2D eigenvalue weighted by molar-refractivity contribution is 5.79. The van der Waals surface area contributed by atoms with Gasteiger partial charge in [0.2, 0.25) is 0 Å². The number of aryl methyl sites for hydroxylation is 1. The standard InChI is InChI=1S/C20H29F3N6O/c1-4-18-28-27-14-29(18)12-11-25-19(24-10-9-15(2)3)26-13-16-5-7-17(8-6-16)30-20(21,22)23/h5-8,14-15H,4,9-13H2,1-3H3,(H2,24,25,26). The van der Waals surface area contributed by atoms with Gasteiger partial charge in [0.15, 0.2) is 5.96 Å². The van der Waals surface area contributed by atoms with Crippen LogP contribution < -0.4 is 15.4 Å². The van der Waals surface area contributed by atoms with Crippen molar-refractivity contribution in [2.24, 2.45) is 10.9 Å². The molecule has 0 saturated heterocycles. The first-order chi connectivity index (χ1) is 14.3. The summed E-state index contributed by atoms with van der Waals surface area (Å²) in [6, 6.07) is 5.72. The van der Waals surface area contributed by atoms with E-state index in [1.54, 1.807) is 18.5 Å². The Morgan fingerprint density at radius 3 is 2.50 bits per heavy atom. The van der Waals surface area contributed by atoms with Crippen molar-refractivity contribution < 1.29 is 17.9 Å². The number of nitrogens with zero attached hydrogens (tertiary/aromatic N) is 4. The summed E-state index contributed by atoms with van der Waals surface area (Å²) in [5.41, 5.74) is 0.779. The van der Waals surface area contributed by atoms with Crippen LogP contribution in [0.5, 0.6) is 5.75 Å². The largest absolute Gasteiger partial charge is 0.573 e. The second kappa shape index (κ2) is 11.4. The van der Waals surface area contributed by atoms with Crippen LogP contribution in [0.15, 0.2) is 35.6 Å². The van der Waals surface area contributed by atoms with Crippen LogP contribution in [-0.4, -0.2) is 40.2 Å². The lowest BCUT2D eigenvalue weighted by Gasteiger charge is -2.14. The quantitative estimate of drug-likeness (QED) is 0.449. The van der Waals surface area contributed by atoms with Gasteiger partial charge >= 0.3 is 6.36 Å². The average molecular weight is 426 g/mol. The van der Waals surface area contributed by atoms with Gasteiger partial charge < -0.3 is 19.9 Å². The molecule has 0 amide bonds. The molecule has 0 aliphatic rings. The summed E-state index contributed by atoms with van der Waals surface area (Å²) in [7, 11) is 0. The molecule has 10 heteroatoms. The molecular formula is C20H29F3N6O. The molecule has 1 aromatic heterocycles. The molecule has 0 unspecified atom stereocenters. The summed E-state index contributed by atoms with van der Waals surface area (Å²) in [5.74, 6) is 1.88. The average Bonchev–Trinajstić information content (AvgIpc) is 3.13. The number of hydrogen-bond donors (Lipinski definition) is 2. The van der Waals surface area contributed by atoms with Crippen molar-refractivity contribution in [1.82, 2.24) is 25.4 Å². The summed E-state index contributed by atoms with van der Waals surface area (Å²) >= 11 is 0. The third-order valence-corrected chi connectivity index (χ3v) is 4.25. The summed E-state index contributed by atoms with van der Waals surface area (Å²) in [5, 5.41) is 14.6. The maximum atomic E-state index is 12.3. The number of alkyl halides is 3. The van der Waals surface area contributed by atoms with Gasteiger partial charge in [0.1, 0.15) is 17.9 Å². The molecular weight excluding hydrogens is 397 g/mol. The van der Waals surface area contributed by atoms with Gasteiger partial charge in [0.25, 0.3) is 0 Å². The van der Waals surface area contributed by atoms with E-state index in [-0.39, 0.29) is 5.75 Å². The summed E-state index contributed by atoms with van der Waals surface area (Å²) in [6.45, 7) is 8.76. The molecule has 30 heavy (non-hydrogen) atoms. The first kappa shape index (κ1) is 23.5. The Kier molecular flexibility index (Phi) is 8.94. The van der Waals surface area contributed by atoms with E-state index in [0.717, 1.165) is 30.8 Å². The molecule has 2 N–H and O–H groups in total. The smallest absolute Gasteiger partial charge is 0.406 e. The van der Waals surface area contributed by atoms with Crippen molar-refractivity contribution in [3.8, 4) is 5.75 Å². The number of hydrogen-bond acceptors (Lipinski definition) is 4. The Bertz CT molecular complexity index is 787. The first-order valence-corrected chi connectivity index (χ1v) is 10.0. The number of nitrogens with one attached hydrogen (secondary N) is 2. The number of ether oxygens (including phenoxy) is 1. The van der Waals surface area contributed by atoms with Crippen LogP contribution in [0.2, 0.25) is 0 Å². The van der Waals surface area contributed by atoms with Gasteiger partial charge in [-0.05, 0) is 30.0 Å². The minimum Gasteiger partial charge on any atom is -0.406 e. The lowest BCUT2D eigenvalue weighted by Crippen LogP contribution is -2.39. The molecule has 0 saturated carbocycles. The van der Waals surface area contributed by atoms with Crippen molar-refractivity contribution in [2.75, 3.05) is 13.1 Å². The molecule has 0 aliphatic heterocycles. The third-order valence-electron chi connectivity index (χ3n) is 4.25. The molecule has 2 rings (SSSR count). The molecule has 7 nitrogen and oxygen atoms in total. The Morgan fingerprint density at radius 2 is 1.87 bits per heavy atom. The minimum absolute atomic E-state index is 0.246. The summed E-state index contributed by atoms with van der Waals surface area (Å²) in [4.78, 5) is 4.55. The molecule has 0 aliphatic carbocycles. The summed E-state index contributed by atoms with van der Waals surface area (Å²) in [6.07, 6.45) is -1.19. The van der Waals surface area contributed by atoms with Crippen LogP contribution in [0, 0.1) is 5.92 Å². The highest BCUT2D eigenvalue weighted by Crippen LogP contribution is 2.22. The van der Waals surface area contributed by atoms with Crippen molar-refractivity contribution in [2.45, 2.75) is 53.1 Å². The SMILES string of the molecule is CCc1nncn1CCNC(=NCc1ccc(OC(F)(F)F)cc1)NCCC(C)C. The van der Waals surface area contributed by atoms with Crippen LogP contribution in [0.25, 0.3) is 0 Å². The van der Waals surface area contributed by atoms with Gasteiger partial charge in [-0.1, -0.05) is 32.9 Å². The zero-order valence-electron chi connectivity index (χ0n) is 17.5. The van der Waals surface area contributed by atoms with E-state index in [1.807, 2.05) is 11.5 Å². The van der Waals surface area contributed by atoms with E-state index in [4.69, 9.17) is 0 Å². The van der Waals surface area contributed by atoms with Crippen LogP contribution in [0.1, 0.15) is 38.6 Å². The lowest BCUT2D eigenvalue weighted by molar-refractivity contribution is -0.274. The van der Waals surface area contributed by atoms with E-state index >= 15 is 0 Å². The molecule has 1 heterocycles. The fraction of sp³-hybridized carbons (Fsp3) is 0.550. The Hall–Kier alpha value is -2.78. The topological polar surface area (TPSA) is 76.4 Å². The molecule has 0 atom stereocenters. The molecule has 0 radical (unpaired) electrons. The van der Waals surface area contributed by atoms with Crippen LogP contribution in [-0.2, 0) is 19.5 Å². The van der Waals surface area contributed by atoms with E-state index in [2.05, 4.69) is 44.4 Å². The van der Waals surface area contributed by atoms with Crippen molar-refractivity contribution in [3.63, 3.8) is 0 Å². The molecule has 1 aromatic carbocycles. The van der Waals surface area contributed by atoms with Crippen LogP contribution in [0.4, 0.5) is 13.2 Å². The second-order valence-corrected chi connectivity index (χ2v) is 7.19. The first-order valence-electron chi connectivity index (χ1n) is 10.0. The maximum absolute atomic E-state index is 12.3. The van der Waals surface area contributed by atoms with Crippen molar-refractivity contribution in [1.29, 1.82) is 0 Å². The number of aliphatic imine (C=N–C) groups is 1. The van der Waals surface area contributed by atoms with Crippen LogP contribution >= 0.6 is 0 Å². The highest BCUT2D eigenvalue weighted by Gasteiger charge is 2.30. The van der Waals surface area contributed by atoms with Gasteiger partial charge in [-0.25, -0.2) is 4.99 Å². The monoisotopic (exact) mass is 426 g/mol. The van der Waals surface area contributed by atoms with Gasteiger partial charge in [0, 0.05) is 26.1 Å². The van der Waals surface area contributed by atoms with Gasteiger partial charge in [-0.2, -0.15) is 0 Å². The summed E-state index contributed by atoms with van der Waals surface area (Å²) < 4.78 is 42.7. The zero-order valence-corrected chi connectivity index (χ0v) is 17.5. The number of benzene rings is 1. The van der Waals surface area contributed by atoms with Crippen molar-refractivity contribution >= 4 is 5.96 Å². The predicted molar refractivity (Wildman–Crippen MR) is 109 cm³/mol. The van der Waals surface area contributed by atoms with E-state index < -0.39 is 6.36 Å².